The molecule has 1 aromatic heterocycles. The number of sulfone groups is 2. The van der Waals surface area contributed by atoms with Crippen molar-refractivity contribution in [3.63, 3.8) is 0 Å². The molecule has 0 unspecified atom stereocenters. The normalized spacial score (nSPS) is 23.9. The zero-order valence-corrected chi connectivity index (χ0v) is 20.6. The number of aliphatic imine (C=N–C) groups is 1. The van der Waals surface area contributed by atoms with E-state index in [1.165, 1.54) is 0 Å². The summed E-state index contributed by atoms with van der Waals surface area (Å²) < 4.78 is 125. The molecule has 0 amide bonds. The number of alkyl halides is 3. The van der Waals surface area contributed by atoms with E-state index in [-0.39, 0.29) is 22.7 Å². The molecule has 0 radical (unpaired) electrons. The molecule has 1 aromatic carbocycles. The van der Waals surface area contributed by atoms with E-state index >= 15 is 0 Å². The van der Waals surface area contributed by atoms with E-state index in [1.54, 1.807) is 0 Å². The number of nitrogens with two attached hydrogens (primary N) is 1. The first-order valence-corrected chi connectivity index (χ1v) is 13.6. The van der Waals surface area contributed by atoms with E-state index in [9.17, 15) is 38.8 Å². The number of aromatic nitrogens is 2. The molecule has 0 aliphatic carbocycles. The molecule has 196 valence electrons. The van der Waals surface area contributed by atoms with Crippen LogP contribution < -0.4 is 5.73 Å². The minimum absolute atomic E-state index is 0.0255. The predicted octanol–water partition coefficient (Wildman–Crippen LogP) is 2.62. The summed E-state index contributed by atoms with van der Waals surface area (Å²) in [6.45, 7) is -1.58. The molecule has 9 nitrogen and oxygen atoms in total. The van der Waals surface area contributed by atoms with Gasteiger partial charge in [0.1, 0.15) is 16.7 Å². The third-order valence-electron chi connectivity index (χ3n) is 5.19. The van der Waals surface area contributed by atoms with Gasteiger partial charge in [0.05, 0.1) is 19.0 Å². The van der Waals surface area contributed by atoms with E-state index in [2.05, 4.69) is 19.7 Å². The number of nitrogens with zero attached hydrogens (tertiary/aromatic N) is 3. The highest BCUT2D eigenvalue weighted by Gasteiger charge is 2.70. The third-order valence-corrected chi connectivity index (χ3v) is 8.64. The molecule has 0 spiro atoms. The maximum atomic E-state index is 14.9. The van der Waals surface area contributed by atoms with Crippen LogP contribution in [0.1, 0.15) is 16.8 Å². The van der Waals surface area contributed by atoms with Gasteiger partial charge in [-0.1, -0.05) is 17.7 Å². The van der Waals surface area contributed by atoms with E-state index in [0.717, 1.165) is 30.6 Å². The molecule has 0 bridgehead atoms. The minimum Gasteiger partial charge on any atom is -0.384 e. The molecule has 1 aliphatic rings. The topological polar surface area (TPSA) is 142 Å². The molecule has 0 saturated heterocycles. The van der Waals surface area contributed by atoms with Gasteiger partial charge >= 0.3 is 11.1 Å². The first-order chi connectivity index (χ1) is 16.4. The molecule has 2 heterocycles. The number of hydrogen-bond donors (Lipinski definition) is 1. The fourth-order valence-electron chi connectivity index (χ4n) is 3.42. The molecule has 3 rings (SSSR count). The summed E-state index contributed by atoms with van der Waals surface area (Å²) in [6.07, 6.45) is -2.14. The lowest BCUT2D eigenvalue weighted by Gasteiger charge is -2.41. The van der Waals surface area contributed by atoms with Crippen LogP contribution in [0.15, 0.2) is 35.6 Å². The van der Waals surface area contributed by atoms with Gasteiger partial charge in [0.15, 0.2) is 31.3 Å². The van der Waals surface area contributed by atoms with Crippen LogP contribution in [0.5, 0.6) is 0 Å². The second-order valence-corrected chi connectivity index (χ2v) is 12.4. The molecule has 17 heteroatoms. The zero-order chi connectivity index (χ0) is 27.3. The first-order valence-electron chi connectivity index (χ1n) is 9.46. The van der Waals surface area contributed by atoms with E-state index in [4.69, 9.17) is 17.3 Å². The fraction of sp³-hybridized carbons (Fsp3) is 0.316. The zero-order valence-electron chi connectivity index (χ0n) is 18.2. The number of halogens is 6. The van der Waals surface area contributed by atoms with Crippen LogP contribution in [0.2, 0.25) is 5.15 Å². The maximum Gasteiger partial charge on any atom is 0.439 e. The van der Waals surface area contributed by atoms with Crippen molar-refractivity contribution in [3.8, 4) is 0 Å². The Hall–Kier alpha value is -2.69. The largest absolute Gasteiger partial charge is 0.439 e. The molecule has 36 heavy (non-hydrogen) atoms. The Morgan fingerprint density at radius 2 is 1.78 bits per heavy atom. The lowest BCUT2D eigenvalue weighted by atomic mass is 10.0. The van der Waals surface area contributed by atoms with Gasteiger partial charge in [0.25, 0.3) is 0 Å². The van der Waals surface area contributed by atoms with Crippen molar-refractivity contribution in [1.82, 2.24) is 9.97 Å². The Bertz CT molecular complexity index is 1480. The minimum atomic E-state index is -5.66. The fourth-order valence-corrected chi connectivity index (χ4v) is 5.73. The number of rotatable bonds is 5. The Kier molecular flexibility index (Phi) is 6.98. The maximum absolute atomic E-state index is 14.9. The van der Waals surface area contributed by atoms with Crippen molar-refractivity contribution in [2.75, 3.05) is 19.1 Å². The van der Waals surface area contributed by atoms with Crippen LogP contribution in [0.4, 0.5) is 22.0 Å². The average Bonchev–Trinajstić information content (AvgIpc) is 2.72. The molecular weight excluding hydrogens is 559 g/mol. The van der Waals surface area contributed by atoms with Crippen molar-refractivity contribution in [2.45, 2.75) is 16.0 Å². The number of benzene rings is 1. The van der Waals surface area contributed by atoms with Gasteiger partial charge in [-0.25, -0.2) is 40.6 Å². The summed E-state index contributed by atoms with van der Waals surface area (Å²) >= 11 is 5.59. The van der Waals surface area contributed by atoms with Crippen LogP contribution in [0.3, 0.4) is 0 Å². The first kappa shape index (κ1) is 27.9. The number of amidine groups is 1. The predicted molar refractivity (Wildman–Crippen MR) is 120 cm³/mol. The highest BCUT2D eigenvalue weighted by molar-refractivity contribution is 7.93. The monoisotopic (exact) mass is 574 g/mol. The second kappa shape index (κ2) is 9.00. The lowest BCUT2D eigenvalue weighted by molar-refractivity contribution is -0.220. The molecule has 1 aliphatic heterocycles. The van der Waals surface area contributed by atoms with Gasteiger partial charge in [0.2, 0.25) is 4.87 Å². The Morgan fingerprint density at radius 1 is 1.14 bits per heavy atom. The molecular formula is C19H16ClF5N4O5S2. The standard InChI is InChI=1S/C19H16ClF5N4O5S2/c1-35(30,31)17(9-34-18(16(26)29-17,19(23,24)25)36(2,32)33)11-5-10(3-4-12(11)21)6-13(22)14-7-28-15(20)8-27-14/h3-8H,9H2,1-2H3,(H2,26,29)/b13-6-/t17-,18+/m0/s1. The van der Waals surface area contributed by atoms with Crippen molar-refractivity contribution in [1.29, 1.82) is 0 Å². The highest BCUT2D eigenvalue weighted by atomic mass is 35.5. The van der Waals surface area contributed by atoms with Crippen molar-refractivity contribution < 1.29 is 43.5 Å². The van der Waals surface area contributed by atoms with Crippen molar-refractivity contribution in [3.05, 3.63) is 58.4 Å². The highest BCUT2D eigenvalue weighted by Crippen LogP contribution is 2.46. The SMILES string of the molecule is CS(=O)(=O)[C@]1(c2cc(/C=C(\F)c3cnc(Cl)cn3)ccc2F)CO[C@@](C(F)(F)F)(S(C)(=O)=O)C(N)=N1. The smallest absolute Gasteiger partial charge is 0.384 e. The summed E-state index contributed by atoms with van der Waals surface area (Å²) in [5.74, 6) is -4.04. The van der Waals surface area contributed by atoms with Gasteiger partial charge < -0.3 is 10.5 Å². The Morgan fingerprint density at radius 3 is 2.25 bits per heavy atom. The van der Waals surface area contributed by atoms with Crippen LogP contribution in [0.25, 0.3) is 11.9 Å². The van der Waals surface area contributed by atoms with Gasteiger partial charge in [-0.05, 0) is 23.8 Å². The summed E-state index contributed by atoms with van der Waals surface area (Å²) in [7, 11) is -9.90. The summed E-state index contributed by atoms with van der Waals surface area (Å²) in [6, 6.07) is 2.54. The van der Waals surface area contributed by atoms with Crippen LogP contribution in [0, 0.1) is 5.82 Å². The van der Waals surface area contributed by atoms with E-state index in [1.807, 2.05) is 0 Å². The average molecular weight is 575 g/mol. The van der Waals surface area contributed by atoms with Crippen molar-refractivity contribution >= 4 is 49.0 Å². The Labute approximate surface area is 206 Å². The molecule has 0 fully saturated rings. The van der Waals surface area contributed by atoms with E-state index < -0.39 is 65.3 Å². The summed E-state index contributed by atoms with van der Waals surface area (Å²) in [4.78, 5) is 3.63. The van der Waals surface area contributed by atoms with Crippen LogP contribution in [-0.4, -0.2) is 62.9 Å². The van der Waals surface area contributed by atoms with Gasteiger partial charge in [-0.3, -0.25) is 0 Å². The van der Waals surface area contributed by atoms with Crippen LogP contribution >= 0.6 is 11.6 Å². The quantitative estimate of drug-likeness (QED) is 0.537. The second-order valence-electron chi connectivity index (χ2n) is 7.68. The van der Waals surface area contributed by atoms with Crippen molar-refractivity contribution in [2.24, 2.45) is 10.7 Å². The summed E-state index contributed by atoms with van der Waals surface area (Å²) in [5.41, 5.74) is 4.09. The van der Waals surface area contributed by atoms with E-state index in [0.29, 0.717) is 12.3 Å². The number of ether oxygens (including phenoxy) is 1. The van der Waals surface area contributed by atoms with Gasteiger partial charge in [0, 0.05) is 18.1 Å². The van der Waals surface area contributed by atoms with Gasteiger partial charge in [-0.15, -0.1) is 0 Å². The molecule has 2 N–H and O–H groups in total. The Balaban J connectivity index is 2.25. The number of hydrogen-bond acceptors (Lipinski definition) is 9. The molecule has 0 saturated carbocycles. The molecule has 2 atom stereocenters. The molecule has 2 aromatic rings. The third kappa shape index (κ3) is 4.57. The lowest BCUT2D eigenvalue weighted by Crippen LogP contribution is -2.66. The summed E-state index contributed by atoms with van der Waals surface area (Å²) in [5, 5.41) is -0.0255. The van der Waals surface area contributed by atoms with Gasteiger partial charge in [-0.2, -0.15) is 13.2 Å². The van der Waals surface area contributed by atoms with Crippen LogP contribution in [-0.2, 0) is 29.3 Å².